The summed E-state index contributed by atoms with van der Waals surface area (Å²) in [6, 6.07) is 5.08. The number of anilines is 1. The fourth-order valence-corrected chi connectivity index (χ4v) is 2.45. The monoisotopic (exact) mass is 321 g/mol. The van der Waals surface area contributed by atoms with Crippen molar-refractivity contribution < 1.29 is 19.1 Å². The van der Waals surface area contributed by atoms with Crippen molar-refractivity contribution >= 4 is 44.3 Å². The van der Waals surface area contributed by atoms with Crippen molar-refractivity contribution in [1.29, 1.82) is 0 Å². The van der Waals surface area contributed by atoms with Crippen LogP contribution in [0.15, 0.2) is 23.2 Å². The molecule has 0 saturated heterocycles. The molecule has 116 valence electrons. The summed E-state index contributed by atoms with van der Waals surface area (Å²) < 4.78 is 10.5. The van der Waals surface area contributed by atoms with E-state index in [1.54, 1.807) is 25.1 Å². The number of rotatable bonds is 5. The van der Waals surface area contributed by atoms with Crippen LogP contribution in [-0.4, -0.2) is 36.3 Å². The Morgan fingerprint density at radius 3 is 2.86 bits per heavy atom. The maximum absolute atomic E-state index is 11.7. The van der Waals surface area contributed by atoms with E-state index < -0.39 is 11.9 Å². The number of carbonyl (C=O) groups is 2. The molecule has 8 heteroatoms. The summed E-state index contributed by atoms with van der Waals surface area (Å²) in [6.07, 6.45) is 0.0515. The van der Waals surface area contributed by atoms with Gasteiger partial charge in [-0.15, -0.1) is 0 Å². The van der Waals surface area contributed by atoms with Crippen LogP contribution in [0.1, 0.15) is 13.3 Å². The Bertz CT molecular complexity index is 739. The number of methoxy groups -OCH3 is 1. The van der Waals surface area contributed by atoms with Crippen molar-refractivity contribution in [2.45, 2.75) is 13.3 Å². The highest BCUT2D eigenvalue weighted by molar-refractivity contribution is 7.22. The van der Waals surface area contributed by atoms with Gasteiger partial charge in [0.05, 0.1) is 23.7 Å². The molecule has 0 spiro atoms. The van der Waals surface area contributed by atoms with Gasteiger partial charge in [0.15, 0.2) is 5.13 Å². The van der Waals surface area contributed by atoms with Gasteiger partial charge in [0.2, 0.25) is 0 Å². The van der Waals surface area contributed by atoms with Gasteiger partial charge in [-0.05, 0) is 19.1 Å². The minimum atomic E-state index is -0.513. The molecule has 0 amide bonds. The van der Waals surface area contributed by atoms with Crippen LogP contribution >= 0.6 is 11.3 Å². The van der Waals surface area contributed by atoms with E-state index in [0.29, 0.717) is 16.6 Å². The van der Waals surface area contributed by atoms with Crippen molar-refractivity contribution in [3.05, 3.63) is 18.2 Å². The van der Waals surface area contributed by atoms with Crippen LogP contribution in [0.4, 0.5) is 5.13 Å². The van der Waals surface area contributed by atoms with E-state index in [4.69, 9.17) is 10.5 Å². The van der Waals surface area contributed by atoms with Crippen molar-refractivity contribution in [3.8, 4) is 5.75 Å². The molecule has 0 radical (unpaired) electrons. The molecule has 22 heavy (non-hydrogen) atoms. The van der Waals surface area contributed by atoms with E-state index in [9.17, 15) is 9.59 Å². The highest BCUT2D eigenvalue weighted by Gasteiger charge is 2.08. The summed E-state index contributed by atoms with van der Waals surface area (Å²) in [7, 11) is 1.30. The van der Waals surface area contributed by atoms with Gasteiger partial charge in [0, 0.05) is 11.8 Å². The Labute approximate surface area is 130 Å². The van der Waals surface area contributed by atoms with Gasteiger partial charge < -0.3 is 15.2 Å². The minimum absolute atomic E-state index is 0.0515. The number of nitrogens with two attached hydrogens (primary N) is 1. The summed E-state index contributed by atoms with van der Waals surface area (Å²) in [5, 5.41) is 0.460. The number of esters is 2. The molecule has 0 fully saturated rings. The first kappa shape index (κ1) is 15.9. The number of carbonyl (C=O) groups excluding carboxylic acids is 2. The highest BCUT2D eigenvalue weighted by Crippen LogP contribution is 2.27. The number of fused-ring (bicyclic) bond motifs is 1. The summed E-state index contributed by atoms with van der Waals surface area (Å²) in [5.74, 6) is -0.508. The van der Waals surface area contributed by atoms with Crippen molar-refractivity contribution in [3.63, 3.8) is 0 Å². The predicted molar refractivity (Wildman–Crippen MR) is 84.3 cm³/mol. The lowest BCUT2D eigenvalue weighted by atomic mass is 10.3. The third-order valence-electron chi connectivity index (χ3n) is 2.71. The molecule has 2 rings (SSSR count). The van der Waals surface area contributed by atoms with Crippen LogP contribution < -0.4 is 10.5 Å². The van der Waals surface area contributed by atoms with Crippen LogP contribution in [0.25, 0.3) is 10.2 Å². The normalized spacial score (nSPS) is 11.5. The molecular formula is C14H15N3O4S. The van der Waals surface area contributed by atoms with E-state index in [-0.39, 0.29) is 13.0 Å². The molecule has 0 bridgehead atoms. The SMILES string of the molecule is COC(=O)CC(C)=NCC(=O)Oc1ccc2nc(N)sc2c1. The van der Waals surface area contributed by atoms with Gasteiger partial charge in [-0.1, -0.05) is 11.3 Å². The highest BCUT2D eigenvalue weighted by atomic mass is 32.1. The molecule has 1 aromatic heterocycles. The predicted octanol–water partition coefficient (Wildman–Crippen LogP) is 1.81. The number of benzene rings is 1. The number of nitrogen functional groups attached to an aromatic ring is 1. The first-order chi connectivity index (χ1) is 10.5. The van der Waals surface area contributed by atoms with E-state index in [2.05, 4.69) is 14.7 Å². The number of hydrogen-bond donors (Lipinski definition) is 1. The Morgan fingerprint density at radius 2 is 2.14 bits per heavy atom. The Kier molecular flexibility index (Phi) is 5.05. The van der Waals surface area contributed by atoms with Gasteiger partial charge in [0.1, 0.15) is 12.3 Å². The second kappa shape index (κ2) is 6.99. The fraction of sp³-hybridized carbons (Fsp3) is 0.286. The molecule has 0 unspecified atom stereocenters. The van der Waals surface area contributed by atoms with Gasteiger partial charge in [-0.3, -0.25) is 9.79 Å². The van der Waals surface area contributed by atoms with Crippen LogP contribution in [0.2, 0.25) is 0 Å². The zero-order valence-electron chi connectivity index (χ0n) is 12.2. The van der Waals surface area contributed by atoms with Gasteiger partial charge in [0.25, 0.3) is 0 Å². The molecule has 2 aromatic rings. The molecule has 1 heterocycles. The zero-order chi connectivity index (χ0) is 16.1. The molecule has 0 atom stereocenters. The molecular weight excluding hydrogens is 306 g/mol. The lowest BCUT2D eigenvalue weighted by molar-refractivity contribution is -0.139. The van der Waals surface area contributed by atoms with Crippen molar-refractivity contribution in [2.24, 2.45) is 4.99 Å². The lowest BCUT2D eigenvalue weighted by Crippen LogP contribution is -2.14. The molecule has 1 aromatic carbocycles. The summed E-state index contributed by atoms with van der Waals surface area (Å²) in [6.45, 7) is 1.49. The average Bonchev–Trinajstić information content (AvgIpc) is 2.84. The molecule has 0 aliphatic rings. The largest absolute Gasteiger partial charge is 0.469 e. The molecule has 2 N–H and O–H groups in total. The third kappa shape index (κ3) is 4.26. The molecule has 7 nitrogen and oxygen atoms in total. The quantitative estimate of drug-likeness (QED) is 0.511. The van der Waals surface area contributed by atoms with E-state index in [0.717, 1.165) is 10.2 Å². The lowest BCUT2D eigenvalue weighted by Gasteiger charge is -2.03. The first-order valence-electron chi connectivity index (χ1n) is 6.41. The van der Waals surface area contributed by atoms with Crippen LogP contribution in [0, 0.1) is 0 Å². The maximum Gasteiger partial charge on any atom is 0.333 e. The number of thiazole rings is 1. The average molecular weight is 321 g/mol. The van der Waals surface area contributed by atoms with Gasteiger partial charge in [-0.25, -0.2) is 9.78 Å². The van der Waals surface area contributed by atoms with Gasteiger partial charge >= 0.3 is 11.9 Å². The van der Waals surface area contributed by atoms with Crippen molar-refractivity contribution in [1.82, 2.24) is 4.98 Å². The smallest absolute Gasteiger partial charge is 0.333 e. The zero-order valence-corrected chi connectivity index (χ0v) is 13.0. The number of aromatic nitrogens is 1. The van der Waals surface area contributed by atoms with Crippen LogP contribution in [0.3, 0.4) is 0 Å². The Hall–Kier alpha value is -2.48. The van der Waals surface area contributed by atoms with Crippen LogP contribution in [-0.2, 0) is 14.3 Å². The van der Waals surface area contributed by atoms with E-state index in [1.807, 2.05) is 0 Å². The number of nitrogens with zero attached hydrogens (tertiary/aromatic N) is 2. The van der Waals surface area contributed by atoms with E-state index >= 15 is 0 Å². The second-order valence-corrected chi connectivity index (χ2v) is 5.52. The second-order valence-electron chi connectivity index (χ2n) is 4.46. The Balaban J connectivity index is 1.95. The number of aliphatic imine (C=N–C) groups is 1. The van der Waals surface area contributed by atoms with Crippen molar-refractivity contribution in [2.75, 3.05) is 19.4 Å². The topological polar surface area (TPSA) is 104 Å². The minimum Gasteiger partial charge on any atom is -0.469 e. The number of ether oxygens (including phenoxy) is 2. The standard InChI is InChI=1S/C14H15N3O4S/c1-8(5-12(18)20-2)16-7-13(19)21-9-3-4-10-11(6-9)22-14(15)17-10/h3-4,6H,5,7H2,1-2H3,(H2,15,17). The summed E-state index contributed by atoms with van der Waals surface area (Å²) in [4.78, 5) is 30.9. The molecule has 0 saturated carbocycles. The molecule has 0 aliphatic carbocycles. The third-order valence-corrected chi connectivity index (χ3v) is 3.56. The summed E-state index contributed by atoms with van der Waals surface area (Å²) >= 11 is 1.32. The maximum atomic E-state index is 11.7. The number of hydrogen-bond acceptors (Lipinski definition) is 8. The summed E-state index contributed by atoms with van der Waals surface area (Å²) in [5.41, 5.74) is 6.89. The fourth-order valence-electron chi connectivity index (χ4n) is 1.69. The first-order valence-corrected chi connectivity index (χ1v) is 7.23. The van der Waals surface area contributed by atoms with Crippen LogP contribution in [0.5, 0.6) is 5.75 Å². The van der Waals surface area contributed by atoms with E-state index in [1.165, 1.54) is 18.4 Å². The Morgan fingerprint density at radius 1 is 1.36 bits per heavy atom. The molecule has 0 aliphatic heterocycles. The van der Waals surface area contributed by atoms with Gasteiger partial charge in [-0.2, -0.15) is 0 Å².